The largest absolute Gasteiger partial charge is 0.486 e. The van der Waals surface area contributed by atoms with Crippen molar-refractivity contribution in [1.82, 2.24) is 0 Å². The molecule has 1 aliphatic rings. The Labute approximate surface area is 215 Å². The second-order valence-electron chi connectivity index (χ2n) is 9.41. The number of aryl methyl sites for hydroxylation is 2. The maximum absolute atomic E-state index is 15.1. The highest BCUT2D eigenvalue weighted by molar-refractivity contribution is 5.65. The molecule has 0 saturated heterocycles. The van der Waals surface area contributed by atoms with Crippen molar-refractivity contribution in [2.45, 2.75) is 57.5 Å². The Hall–Kier alpha value is -3.12. The number of rotatable bonds is 10. The van der Waals surface area contributed by atoms with E-state index in [9.17, 15) is 8.78 Å². The monoisotopic (exact) mass is 512 g/mol. The lowest BCUT2D eigenvalue weighted by Crippen LogP contribution is -2.21. The Bertz CT molecular complexity index is 1210. The van der Waals surface area contributed by atoms with Crippen molar-refractivity contribution >= 4 is 0 Å². The van der Waals surface area contributed by atoms with E-state index in [-0.39, 0.29) is 41.9 Å². The molecule has 0 radical (unpaired) electrons. The van der Waals surface area contributed by atoms with E-state index in [0.29, 0.717) is 24.2 Å². The van der Waals surface area contributed by atoms with Gasteiger partial charge in [-0.1, -0.05) is 55.1 Å². The number of ether oxygens (including phenoxy) is 2. The first kappa shape index (κ1) is 26.9. The van der Waals surface area contributed by atoms with Gasteiger partial charge in [-0.3, -0.25) is 0 Å². The molecule has 196 valence electrons. The topological polar surface area (TPSA) is 18.5 Å². The fraction of sp³-hybridized carbons (Fsp3) is 0.355. The molecule has 0 aliphatic heterocycles. The van der Waals surface area contributed by atoms with E-state index in [1.807, 2.05) is 6.92 Å². The van der Waals surface area contributed by atoms with Gasteiger partial charge in [-0.05, 0) is 79.7 Å². The summed E-state index contributed by atoms with van der Waals surface area (Å²) in [7, 11) is 0. The molecule has 0 N–H and O–H groups in total. The van der Waals surface area contributed by atoms with Gasteiger partial charge >= 0.3 is 0 Å². The maximum atomic E-state index is 15.1. The molecule has 0 bridgehead atoms. The SMILES string of the molecule is C=CCOc1ccc(CCc2ccc(-c3ccc(C4CCC(OCC)CC4)c(F)c3F)cc2)c(F)c1F. The second-order valence-corrected chi connectivity index (χ2v) is 9.41. The molecule has 4 rings (SSSR count). The Morgan fingerprint density at radius 3 is 2.22 bits per heavy atom. The third kappa shape index (κ3) is 6.24. The normalized spacial score (nSPS) is 17.5. The molecule has 37 heavy (non-hydrogen) atoms. The quantitative estimate of drug-likeness (QED) is 0.201. The Kier molecular flexibility index (Phi) is 9.04. The average Bonchev–Trinajstić information content (AvgIpc) is 2.92. The molecule has 1 saturated carbocycles. The fourth-order valence-electron chi connectivity index (χ4n) is 5.03. The van der Waals surface area contributed by atoms with E-state index < -0.39 is 23.3 Å². The van der Waals surface area contributed by atoms with Crippen LogP contribution in [0.25, 0.3) is 11.1 Å². The minimum atomic E-state index is -1.02. The first-order valence-corrected chi connectivity index (χ1v) is 12.8. The van der Waals surface area contributed by atoms with Crippen LogP contribution in [-0.2, 0) is 17.6 Å². The predicted octanol–water partition coefficient (Wildman–Crippen LogP) is 8.32. The van der Waals surface area contributed by atoms with E-state index in [4.69, 9.17) is 9.47 Å². The van der Waals surface area contributed by atoms with Crippen LogP contribution in [-0.4, -0.2) is 19.3 Å². The number of hydrogen-bond donors (Lipinski definition) is 0. The predicted molar refractivity (Wildman–Crippen MR) is 138 cm³/mol. The van der Waals surface area contributed by atoms with Crippen LogP contribution < -0.4 is 4.74 Å². The van der Waals surface area contributed by atoms with E-state index in [1.165, 1.54) is 18.2 Å². The second kappa shape index (κ2) is 12.4. The van der Waals surface area contributed by atoms with E-state index in [2.05, 4.69) is 6.58 Å². The summed E-state index contributed by atoms with van der Waals surface area (Å²) in [6.45, 7) is 6.21. The molecule has 0 aromatic heterocycles. The first-order chi connectivity index (χ1) is 17.9. The van der Waals surface area contributed by atoms with Crippen LogP contribution in [0.2, 0.25) is 0 Å². The highest BCUT2D eigenvalue weighted by atomic mass is 19.2. The molecule has 3 aromatic carbocycles. The summed E-state index contributed by atoms with van der Waals surface area (Å²) in [6.07, 6.45) is 5.68. The van der Waals surface area contributed by atoms with Crippen molar-refractivity contribution < 1.29 is 27.0 Å². The Morgan fingerprint density at radius 1 is 0.811 bits per heavy atom. The summed E-state index contributed by atoms with van der Waals surface area (Å²) >= 11 is 0. The highest BCUT2D eigenvalue weighted by Gasteiger charge is 2.26. The molecule has 0 amide bonds. The van der Waals surface area contributed by atoms with Crippen LogP contribution in [0.4, 0.5) is 17.6 Å². The van der Waals surface area contributed by atoms with Crippen LogP contribution >= 0.6 is 0 Å². The van der Waals surface area contributed by atoms with Crippen molar-refractivity contribution in [1.29, 1.82) is 0 Å². The van der Waals surface area contributed by atoms with Gasteiger partial charge in [0, 0.05) is 12.2 Å². The van der Waals surface area contributed by atoms with Crippen molar-refractivity contribution in [3.63, 3.8) is 0 Å². The number of hydrogen-bond acceptors (Lipinski definition) is 2. The molecule has 0 heterocycles. The molecule has 1 fully saturated rings. The van der Waals surface area contributed by atoms with E-state index in [1.54, 1.807) is 36.4 Å². The lowest BCUT2D eigenvalue weighted by atomic mass is 9.82. The van der Waals surface area contributed by atoms with Crippen molar-refractivity contribution in [2.24, 2.45) is 0 Å². The van der Waals surface area contributed by atoms with Crippen LogP contribution in [0, 0.1) is 23.3 Å². The molecular weight excluding hydrogens is 480 g/mol. The Morgan fingerprint density at radius 2 is 1.54 bits per heavy atom. The molecule has 6 heteroatoms. The van der Waals surface area contributed by atoms with Gasteiger partial charge in [0.15, 0.2) is 23.2 Å². The van der Waals surface area contributed by atoms with Crippen molar-refractivity contribution in [2.75, 3.05) is 13.2 Å². The zero-order valence-corrected chi connectivity index (χ0v) is 21.0. The first-order valence-electron chi connectivity index (χ1n) is 12.8. The molecule has 0 spiro atoms. The summed E-state index contributed by atoms with van der Waals surface area (Å²) in [5.41, 5.74) is 2.32. The molecular formula is C31H32F4O2. The highest BCUT2D eigenvalue weighted by Crippen LogP contribution is 2.38. The van der Waals surface area contributed by atoms with Crippen LogP contribution in [0.15, 0.2) is 61.2 Å². The summed E-state index contributed by atoms with van der Waals surface area (Å²) in [6, 6.07) is 13.3. The van der Waals surface area contributed by atoms with Gasteiger partial charge < -0.3 is 9.47 Å². The molecule has 3 aromatic rings. The average molecular weight is 513 g/mol. The lowest BCUT2D eigenvalue weighted by Gasteiger charge is -2.29. The van der Waals surface area contributed by atoms with E-state index in [0.717, 1.165) is 31.2 Å². The number of halogens is 4. The standard InChI is InChI=1S/C31H32F4O2/c1-3-19-37-27-18-13-23(28(32)31(27)35)10-7-20-5-8-21(9-6-20)25-16-17-26(30(34)29(25)33)22-11-14-24(15-12-22)36-4-2/h3,5-6,8-9,13,16-18,22,24H,1,4,7,10-12,14-15,19H2,2H3. The van der Waals surface area contributed by atoms with Crippen LogP contribution in [0.5, 0.6) is 5.75 Å². The molecule has 0 unspecified atom stereocenters. The van der Waals surface area contributed by atoms with Gasteiger partial charge in [-0.2, -0.15) is 4.39 Å². The minimum Gasteiger partial charge on any atom is -0.486 e. The van der Waals surface area contributed by atoms with E-state index >= 15 is 8.78 Å². The minimum absolute atomic E-state index is 0.00419. The summed E-state index contributed by atoms with van der Waals surface area (Å²) in [5.74, 6) is -3.72. The van der Waals surface area contributed by atoms with Crippen molar-refractivity contribution in [3.8, 4) is 16.9 Å². The maximum Gasteiger partial charge on any atom is 0.200 e. The van der Waals surface area contributed by atoms with Gasteiger partial charge in [-0.15, -0.1) is 0 Å². The van der Waals surface area contributed by atoms with Gasteiger partial charge in [0.1, 0.15) is 6.61 Å². The summed E-state index contributed by atoms with van der Waals surface area (Å²) in [5, 5.41) is 0. The zero-order chi connectivity index (χ0) is 26.4. The third-order valence-corrected chi connectivity index (χ3v) is 7.06. The van der Waals surface area contributed by atoms with Crippen LogP contribution in [0.1, 0.15) is 55.2 Å². The van der Waals surface area contributed by atoms with Crippen LogP contribution in [0.3, 0.4) is 0 Å². The van der Waals surface area contributed by atoms with Gasteiger partial charge in [0.2, 0.25) is 5.82 Å². The summed E-state index contributed by atoms with van der Waals surface area (Å²) < 4.78 is 69.5. The van der Waals surface area contributed by atoms with Gasteiger partial charge in [-0.25, -0.2) is 13.2 Å². The third-order valence-electron chi connectivity index (χ3n) is 7.06. The molecule has 0 atom stereocenters. The fourth-order valence-corrected chi connectivity index (χ4v) is 5.03. The molecule has 1 aliphatic carbocycles. The smallest absolute Gasteiger partial charge is 0.200 e. The van der Waals surface area contributed by atoms with Gasteiger partial charge in [0.05, 0.1) is 6.10 Å². The Balaban J connectivity index is 1.42. The van der Waals surface area contributed by atoms with Gasteiger partial charge in [0.25, 0.3) is 0 Å². The van der Waals surface area contributed by atoms with Crippen molar-refractivity contribution in [3.05, 3.63) is 101 Å². The number of benzene rings is 3. The molecule has 2 nitrogen and oxygen atoms in total. The lowest BCUT2D eigenvalue weighted by molar-refractivity contribution is 0.0325. The zero-order valence-electron chi connectivity index (χ0n) is 21.0. The summed E-state index contributed by atoms with van der Waals surface area (Å²) in [4.78, 5) is 0.